The van der Waals surface area contributed by atoms with Crippen LogP contribution in [-0.2, 0) is 24.4 Å². The summed E-state index contributed by atoms with van der Waals surface area (Å²) in [6, 6.07) is 14.4. The molecule has 0 spiro atoms. The molecule has 3 aromatic rings. The van der Waals surface area contributed by atoms with Gasteiger partial charge in [0.15, 0.2) is 0 Å². The first-order valence-electron chi connectivity index (χ1n) is 10.1. The third kappa shape index (κ3) is 5.24. The van der Waals surface area contributed by atoms with Crippen LogP contribution >= 0.6 is 0 Å². The number of carboxylic acids is 1. The van der Waals surface area contributed by atoms with Crippen LogP contribution in [0, 0.1) is 11.6 Å². The van der Waals surface area contributed by atoms with E-state index in [2.05, 4.69) is 9.88 Å². The van der Waals surface area contributed by atoms with Crippen molar-refractivity contribution in [2.75, 3.05) is 13.1 Å². The number of benzene rings is 2. The van der Waals surface area contributed by atoms with E-state index in [9.17, 15) is 13.6 Å². The zero-order valence-electron chi connectivity index (χ0n) is 16.9. The second-order valence-corrected chi connectivity index (χ2v) is 7.53. The predicted octanol–water partition coefficient (Wildman–Crippen LogP) is 4.44. The van der Waals surface area contributed by atoms with Gasteiger partial charge in [-0.25, -0.2) is 8.78 Å². The van der Waals surface area contributed by atoms with E-state index < -0.39 is 11.8 Å². The van der Waals surface area contributed by atoms with Crippen molar-refractivity contribution in [2.45, 2.75) is 26.0 Å². The molecule has 31 heavy (non-hydrogen) atoms. The molecule has 0 aliphatic carbocycles. The average molecular weight is 424 g/mol. The smallest absolute Gasteiger partial charge is 0.304 e. The second-order valence-electron chi connectivity index (χ2n) is 7.53. The predicted molar refractivity (Wildman–Crippen MR) is 112 cm³/mol. The minimum Gasteiger partial charge on any atom is -0.489 e. The minimum atomic E-state index is -0.807. The molecule has 2 aromatic carbocycles. The van der Waals surface area contributed by atoms with E-state index in [0.29, 0.717) is 42.1 Å². The van der Waals surface area contributed by atoms with Gasteiger partial charge in [0, 0.05) is 43.4 Å². The molecule has 0 saturated heterocycles. The molecule has 0 unspecified atom stereocenters. The molecular formula is C24H22F2N2O3. The Morgan fingerprint density at radius 3 is 2.77 bits per heavy atom. The van der Waals surface area contributed by atoms with Gasteiger partial charge in [-0.2, -0.15) is 0 Å². The first kappa shape index (κ1) is 20.9. The minimum absolute atomic E-state index is 0.111. The van der Waals surface area contributed by atoms with Crippen LogP contribution in [0.4, 0.5) is 8.78 Å². The SMILES string of the molecule is O=C(O)CCN1CCc2nc(-c3ccc(OCc4cccc(F)c4)cc3F)ccc2C1. The van der Waals surface area contributed by atoms with E-state index in [1.807, 2.05) is 6.07 Å². The zero-order chi connectivity index (χ0) is 21.8. The second kappa shape index (κ2) is 9.22. The Morgan fingerprint density at radius 2 is 2.00 bits per heavy atom. The van der Waals surface area contributed by atoms with Crippen molar-refractivity contribution in [3.05, 3.63) is 83.1 Å². The molecule has 5 nitrogen and oxygen atoms in total. The van der Waals surface area contributed by atoms with Crippen molar-refractivity contribution >= 4 is 5.97 Å². The lowest BCUT2D eigenvalue weighted by atomic mass is 10.0. The van der Waals surface area contributed by atoms with Gasteiger partial charge in [-0.1, -0.05) is 18.2 Å². The monoisotopic (exact) mass is 424 g/mol. The number of halogens is 2. The standard InChI is InChI=1S/C24H22F2N2O3/c25-18-3-1-2-16(12-18)15-31-19-5-6-20(21(26)13-19)23-7-4-17-14-28(11-9-24(29)30)10-8-22(17)27-23/h1-7,12-13H,8-11,14-15H2,(H,29,30). The third-order valence-electron chi connectivity index (χ3n) is 5.28. The number of pyridine rings is 1. The number of aliphatic carboxylic acids is 1. The molecule has 7 heteroatoms. The largest absolute Gasteiger partial charge is 0.489 e. The van der Waals surface area contributed by atoms with Gasteiger partial charge in [-0.05, 0) is 41.5 Å². The Morgan fingerprint density at radius 1 is 1.13 bits per heavy atom. The first-order chi connectivity index (χ1) is 15.0. The van der Waals surface area contributed by atoms with Crippen LogP contribution in [0.5, 0.6) is 5.75 Å². The maximum atomic E-state index is 14.8. The van der Waals surface area contributed by atoms with Crippen LogP contribution in [0.25, 0.3) is 11.3 Å². The van der Waals surface area contributed by atoms with Crippen molar-refractivity contribution in [2.24, 2.45) is 0 Å². The molecule has 1 aromatic heterocycles. The summed E-state index contributed by atoms with van der Waals surface area (Å²) in [5, 5.41) is 8.85. The van der Waals surface area contributed by atoms with Crippen LogP contribution in [0.1, 0.15) is 23.2 Å². The number of fused-ring (bicyclic) bond motifs is 1. The summed E-state index contributed by atoms with van der Waals surface area (Å²) in [5.74, 6) is -1.23. The molecule has 4 rings (SSSR count). The molecule has 0 amide bonds. The molecule has 0 bridgehead atoms. The van der Waals surface area contributed by atoms with Crippen molar-refractivity contribution in [3.63, 3.8) is 0 Å². The van der Waals surface area contributed by atoms with Crippen molar-refractivity contribution in [3.8, 4) is 17.0 Å². The van der Waals surface area contributed by atoms with E-state index in [-0.39, 0.29) is 18.8 Å². The fourth-order valence-corrected chi connectivity index (χ4v) is 3.66. The Kier molecular flexibility index (Phi) is 6.23. The van der Waals surface area contributed by atoms with E-state index >= 15 is 0 Å². The topological polar surface area (TPSA) is 62.7 Å². The summed E-state index contributed by atoms with van der Waals surface area (Å²) in [6.45, 7) is 2.02. The van der Waals surface area contributed by atoms with Crippen LogP contribution in [0.2, 0.25) is 0 Å². The Bertz CT molecular complexity index is 1100. The van der Waals surface area contributed by atoms with Gasteiger partial charge in [0.05, 0.1) is 12.1 Å². The zero-order valence-corrected chi connectivity index (χ0v) is 16.9. The highest BCUT2D eigenvalue weighted by molar-refractivity contribution is 5.67. The van der Waals surface area contributed by atoms with Gasteiger partial charge in [-0.3, -0.25) is 14.7 Å². The quantitative estimate of drug-likeness (QED) is 0.608. The van der Waals surface area contributed by atoms with Crippen LogP contribution in [-0.4, -0.2) is 34.0 Å². The Labute approximate surface area is 178 Å². The van der Waals surface area contributed by atoms with Gasteiger partial charge in [-0.15, -0.1) is 0 Å². The summed E-state index contributed by atoms with van der Waals surface area (Å²) >= 11 is 0. The molecule has 0 atom stereocenters. The molecule has 0 fully saturated rings. The molecule has 160 valence electrons. The van der Waals surface area contributed by atoms with E-state index in [1.54, 1.807) is 30.3 Å². The van der Waals surface area contributed by atoms with Gasteiger partial charge in [0.1, 0.15) is 24.0 Å². The van der Waals surface area contributed by atoms with Crippen molar-refractivity contribution in [1.29, 1.82) is 0 Å². The molecule has 1 aliphatic heterocycles. The fourth-order valence-electron chi connectivity index (χ4n) is 3.66. The normalized spacial score (nSPS) is 13.6. The molecule has 0 saturated carbocycles. The molecular weight excluding hydrogens is 402 g/mol. The molecule has 2 heterocycles. The van der Waals surface area contributed by atoms with E-state index in [4.69, 9.17) is 9.84 Å². The lowest BCUT2D eigenvalue weighted by Gasteiger charge is -2.27. The molecule has 0 radical (unpaired) electrons. The number of carbonyl (C=O) groups is 1. The molecule has 1 N–H and O–H groups in total. The number of hydrogen-bond acceptors (Lipinski definition) is 4. The average Bonchev–Trinajstić information content (AvgIpc) is 2.76. The number of aromatic nitrogens is 1. The lowest BCUT2D eigenvalue weighted by Crippen LogP contribution is -2.32. The van der Waals surface area contributed by atoms with Crippen LogP contribution in [0.15, 0.2) is 54.6 Å². The Hall–Kier alpha value is -3.32. The lowest BCUT2D eigenvalue weighted by molar-refractivity contribution is -0.137. The van der Waals surface area contributed by atoms with E-state index in [1.165, 1.54) is 18.2 Å². The number of nitrogens with zero attached hydrogens (tertiary/aromatic N) is 2. The number of carboxylic acid groups (broad SMARTS) is 1. The summed E-state index contributed by atoms with van der Waals surface area (Å²) in [7, 11) is 0. The maximum absolute atomic E-state index is 14.8. The summed E-state index contributed by atoms with van der Waals surface area (Å²) < 4.78 is 33.6. The summed E-state index contributed by atoms with van der Waals surface area (Å²) in [6.07, 6.45) is 0.804. The highest BCUT2D eigenvalue weighted by atomic mass is 19.1. The Balaban J connectivity index is 1.44. The number of hydrogen-bond donors (Lipinski definition) is 1. The van der Waals surface area contributed by atoms with E-state index in [0.717, 1.165) is 17.8 Å². The van der Waals surface area contributed by atoms with Gasteiger partial charge in [0.2, 0.25) is 0 Å². The third-order valence-corrected chi connectivity index (χ3v) is 5.28. The number of ether oxygens (including phenoxy) is 1. The summed E-state index contributed by atoms with van der Waals surface area (Å²) in [4.78, 5) is 17.5. The fraction of sp³-hybridized carbons (Fsp3) is 0.250. The number of rotatable bonds is 7. The van der Waals surface area contributed by atoms with Crippen LogP contribution in [0.3, 0.4) is 0 Å². The first-order valence-corrected chi connectivity index (χ1v) is 10.1. The van der Waals surface area contributed by atoms with Gasteiger partial charge in [0.25, 0.3) is 0 Å². The van der Waals surface area contributed by atoms with Gasteiger partial charge < -0.3 is 9.84 Å². The van der Waals surface area contributed by atoms with Crippen molar-refractivity contribution in [1.82, 2.24) is 9.88 Å². The maximum Gasteiger partial charge on any atom is 0.304 e. The van der Waals surface area contributed by atoms with Crippen LogP contribution < -0.4 is 4.74 Å². The van der Waals surface area contributed by atoms with Gasteiger partial charge >= 0.3 is 5.97 Å². The summed E-state index contributed by atoms with van der Waals surface area (Å²) in [5.41, 5.74) is 3.55. The highest BCUT2D eigenvalue weighted by Gasteiger charge is 2.19. The molecule has 1 aliphatic rings. The highest BCUT2D eigenvalue weighted by Crippen LogP contribution is 2.28. The van der Waals surface area contributed by atoms with Crippen molar-refractivity contribution < 1.29 is 23.4 Å².